The van der Waals surface area contributed by atoms with Gasteiger partial charge in [0.2, 0.25) is 0 Å². The summed E-state index contributed by atoms with van der Waals surface area (Å²) < 4.78 is 11.3. The van der Waals surface area contributed by atoms with E-state index in [0.29, 0.717) is 0 Å². The lowest BCUT2D eigenvalue weighted by Crippen LogP contribution is -2.64. The fourth-order valence-corrected chi connectivity index (χ4v) is 2.50. The van der Waals surface area contributed by atoms with Crippen LogP contribution in [0.25, 0.3) is 0 Å². The normalized spacial score (nSPS) is 60.3. The smallest absolute Gasteiger partial charge is 0.110 e. The molecule has 0 aromatic carbocycles. The summed E-state index contributed by atoms with van der Waals surface area (Å²) in [6, 6.07) is 0. The van der Waals surface area contributed by atoms with E-state index in [1.165, 1.54) is 0 Å². The van der Waals surface area contributed by atoms with Crippen LogP contribution < -0.4 is 0 Å². The maximum atomic E-state index is 9.52. The van der Waals surface area contributed by atoms with Crippen LogP contribution in [0, 0.1) is 0 Å². The average molecular weight is 156 g/mol. The standard InChI is InChI=1S/C8H12O3/c9-4-3-7-5-1-2-6(10-7)8(4)11-5/h4-9H,1-3H2/t4-,5?,6?,7?,8?/m0/s1. The first kappa shape index (κ1) is 6.40. The Bertz CT molecular complexity index is 180. The summed E-state index contributed by atoms with van der Waals surface area (Å²) in [6.07, 6.45) is 3.36. The zero-order valence-corrected chi connectivity index (χ0v) is 6.27. The summed E-state index contributed by atoms with van der Waals surface area (Å²) in [6.45, 7) is 0. The molecule has 5 heterocycles. The van der Waals surface area contributed by atoms with Crippen molar-refractivity contribution in [2.24, 2.45) is 0 Å². The third-order valence-corrected chi connectivity index (χ3v) is 3.05. The second-order valence-electron chi connectivity index (χ2n) is 3.73. The van der Waals surface area contributed by atoms with Crippen LogP contribution in [0.3, 0.4) is 0 Å². The molecule has 0 amide bonds. The number of aliphatic hydroxyl groups is 1. The van der Waals surface area contributed by atoms with Crippen LogP contribution in [0.4, 0.5) is 0 Å². The van der Waals surface area contributed by atoms with Crippen molar-refractivity contribution < 1.29 is 14.6 Å². The molecule has 3 nitrogen and oxygen atoms in total. The summed E-state index contributed by atoms with van der Waals surface area (Å²) in [5.74, 6) is 0. The lowest BCUT2D eigenvalue weighted by Gasteiger charge is -2.53. The van der Waals surface area contributed by atoms with E-state index in [4.69, 9.17) is 9.47 Å². The lowest BCUT2D eigenvalue weighted by molar-refractivity contribution is -0.314. The molecule has 0 saturated carbocycles. The van der Waals surface area contributed by atoms with Gasteiger partial charge in [-0.25, -0.2) is 0 Å². The fourth-order valence-electron chi connectivity index (χ4n) is 2.50. The van der Waals surface area contributed by atoms with E-state index in [0.717, 1.165) is 19.3 Å². The molecule has 3 heteroatoms. The van der Waals surface area contributed by atoms with Crippen molar-refractivity contribution in [1.29, 1.82) is 0 Å². The zero-order chi connectivity index (χ0) is 7.42. The fraction of sp³-hybridized carbons (Fsp3) is 1.00. The number of ether oxygens (including phenoxy) is 2. The molecule has 5 rings (SSSR count). The van der Waals surface area contributed by atoms with E-state index < -0.39 is 0 Å². The highest BCUT2D eigenvalue weighted by atomic mass is 16.6. The molecular weight excluding hydrogens is 144 g/mol. The van der Waals surface area contributed by atoms with E-state index in [-0.39, 0.29) is 30.5 Å². The number of hydrogen-bond donors (Lipinski definition) is 1. The molecule has 11 heavy (non-hydrogen) atoms. The number of fused-ring (bicyclic) bond motifs is 2. The predicted octanol–water partition coefficient (Wildman–Crippen LogP) is 0.0660. The number of rotatable bonds is 0. The largest absolute Gasteiger partial charge is 0.390 e. The molecule has 4 bridgehead atoms. The van der Waals surface area contributed by atoms with Crippen LogP contribution in [0.2, 0.25) is 0 Å². The second kappa shape index (κ2) is 1.97. The van der Waals surface area contributed by atoms with E-state index in [2.05, 4.69) is 0 Å². The quantitative estimate of drug-likeness (QED) is 0.539. The zero-order valence-electron chi connectivity index (χ0n) is 6.27. The minimum Gasteiger partial charge on any atom is -0.390 e. The minimum absolute atomic E-state index is 0.0150. The van der Waals surface area contributed by atoms with Crippen molar-refractivity contribution in [1.82, 2.24) is 0 Å². The summed E-state index contributed by atoms with van der Waals surface area (Å²) in [7, 11) is 0. The van der Waals surface area contributed by atoms with E-state index in [1.54, 1.807) is 0 Å². The van der Waals surface area contributed by atoms with Gasteiger partial charge < -0.3 is 14.6 Å². The first-order chi connectivity index (χ1) is 5.34. The van der Waals surface area contributed by atoms with E-state index in [9.17, 15) is 5.11 Å². The van der Waals surface area contributed by atoms with Crippen molar-refractivity contribution >= 4 is 0 Å². The Morgan fingerprint density at radius 3 is 2.36 bits per heavy atom. The van der Waals surface area contributed by atoms with Gasteiger partial charge in [-0.2, -0.15) is 0 Å². The van der Waals surface area contributed by atoms with Gasteiger partial charge in [0, 0.05) is 6.42 Å². The minimum atomic E-state index is -0.268. The van der Waals surface area contributed by atoms with Crippen LogP contribution in [0.15, 0.2) is 0 Å². The second-order valence-corrected chi connectivity index (χ2v) is 3.73. The van der Waals surface area contributed by atoms with Gasteiger partial charge in [-0.05, 0) is 12.8 Å². The van der Waals surface area contributed by atoms with Gasteiger partial charge in [-0.15, -0.1) is 0 Å². The molecule has 1 N–H and O–H groups in total. The molecular formula is C8H12O3. The van der Waals surface area contributed by atoms with Gasteiger partial charge in [0.25, 0.3) is 0 Å². The highest BCUT2D eigenvalue weighted by Crippen LogP contribution is 2.41. The summed E-state index contributed by atoms with van der Waals surface area (Å²) >= 11 is 0. The monoisotopic (exact) mass is 156 g/mol. The van der Waals surface area contributed by atoms with Gasteiger partial charge in [-0.3, -0.25) is 0 Å². The first-order valence-corrected chi connectivity index (χ1v) is 4.33. The molecule has 0 radical (unpaired) electrons. The Morgan fingerprint density at radius 2 is 1.82 bits per heavy atom. The van der Waals surface area contributed by atoms with Crippen LogP contribution in [0.1, 0.15) is 19.3 Å². The Morgan fingerprint density at radius 1 is 1.00 bits per heavy atom. The van der Waals surface area contributed by atoms with Crippen LogP contribution in [-0.4, -0.2) is 35.6 Å². The highest BCUT2D eigenvalue weighted by Gasteiger charge is 2.52. The Kier molecular flexibility index (Phi) is 1.15. The molecule has 0 aliphatic carbocycles. The molecule has 5 fully saturated rings. The molecule has 5 atom stereocenters. The summed E-state index contributed by atoms with van der Waals surface area (Å²) in [5.41, 5.74) is 0. The molecule has 4 unspecified atom stereocenters. The van der Waals surface area contributed by atoms with Crippen LogP contribution in [0.5, 0.6) is 0 Å². The molecule has 62 valence electrons. The maximum absolute atomic E-state index is 9.52. The third-order valence-electron chi connectivity index (χ3n) is 3.05. The Balaban J connectivity index is 1.93. The summed E-state index contributed by atoms with van der Waals surface area (Å²) in [5, 5.41) is 9.52. The molecule has 0 spiro atoms. The number of hydrogen-bond acceptors (Lipinski definition) is 3. The average Bonchev–Trinajstić information content (AvgIpc) is 2.05. The van der Waals surface area contributed by atoms with Crippen molar-refractivity contribution in [2.75, 3.05) is 0 Å². The van der Waals surface area contributed by atoms with Gasteiger partial charge in [-0.1, -0.05) is 0 Å². The Labute approximate surface area is 65.3 Å². The van der Waals surface area contributed by atoms with Crippen molar-refractivity contribution in [2.45, 2.75) is 49.8 Å². The Hall–Kier alpha value is -0.120. The van der Waals surface area contributed by atoms with Gasteiger partial charge >= 0.3 is 0 Å². The van der Waals surface area contributed by atoms with Crippen LogP contribution in [-0.2, 0) is 9.47 Å². The third kappa shape index (κ3) is 0.736. The van der Waals surface area contributed by atoms with Crippen molar-refractivity contribution in [3.8, 4) is 0 Å². The molecule has 5 aliphatic heterocycles. The lowest BCUT2D eigenvalue weighted by atomic mass is 9.82. The first-order valence-electron chi connectivity index (χ1n) is 4.33. The number of aliphatic hydroxyl groups excluding tert-OH is 1. The molecule has 0 aromatic heterocycles. The van der Waals surface area contributed by atoms with Crippen LogP contribution >= 0.6 is 0 Å². The SMILES string of the molecule is O[C@H]1CC2OC3CCC2OC31. The molecule has 5 aliphatic rings. The highest BCUT2D eigenvalue weighted by molar-refractivity contribution is 4.99. The van der Waals surface area contributed by atoms with Gasteiger partial charge in [0.1, 0.15) is 6.10 Å². The van der Waals surface area contributed by atoms with E-state index >= 15 is 0 Å². The summed E-state index contributed by atoms with van der Waals surface area (Å²) in [4.78, 5) is 0. The van der Waals surface area contributed by atoms with E-state index in [1.807, 2.05) is 0 Å². The van der Waals surface area contributed by atoms with Crippen molar-refractivity contribution in [3.63, 3.8) is 0 Å². The molecule has 5 saturated heterocycles. The van der Waals surface area contributed by atoms with Gasteiger partial charge in [0.05, 0.1) is 24.4 Å². The maximum Gasteiger partial charge on any atom is 0.110 e. The molecule has 0 aromatic rings. The van der Waals surface area contributed by atoms with Crippen molar-refractivity contribution in [3.05, 3.63) is 0 Å². The van der Waals surface area contributed by atoms with Gasteiger partial charge in [0.15, 0.2) is 0 Å². The topological polar surface area (TPSA) is 38.7 Å². The predicted molar refractivity (Wildman–Crippen MR) is 37.2 cm³/mol.